The zero-order valence-electron chi connectivity index (χ0n) is 14.4. The predicted molar refractivity (Wildman–Crippen MR) is 96.7 cm³/mol. The summed E-state index contributed by atoms with van der Waals surface area (Å²) in [4.78, 5) is 4.20. The molecule has 1 heterocycles. The fourth-order valence-corrected chi connectivity index (χ4v) is 3.22. The Labute approximate surface area is 143 Å². The summed E-state index contributed by atoms with van der Waals surface area (Å²) in [6, 6.07) is 7.27. The number of sulfonamides is 1. The largest absolute Gasteiger partial charge is 0.373 e. The summed E-state index contributed by atoms with van der Waals surface area (Å²) in [5, 5.41) is 6.47. The van der Waals surface area contributed by atoms with Crippen molar-refractivity contribution in [1.29, 1.82) is 0 Å². The molecule has 7 nitrogen and oxygen atoms in total. The van der Waals surface area contributed by atoms with Crippen molar-refractivity contribution in [3.63, 3.8) is 0 Å². The average Bonchev–Trinajstić information content (AvgIpc) is 2.94. The van der Waals surface area contributed by atoms with Gasteiger partial charge in [-0.15, -0.1) is 0 Å². The number of nitrogens with zero attached hydrogens (tertiary/aromatic N) is 1. The maximum atomic E-state index is 11.5. The van der Waals surface area contributed by atoms with Gasteiger partial charge in [-0.25, -0.2) is 8.42 Å². The molecular formula is C16H26N4O3S. The highest BCUT2D eigenvalue weighted by Gasteiger charge is 2.29. The van der Waals surface area contributed by atoms with Crippen molar-refractivity contribution >= 4 is 21.7 Å². The van der Waals surface area contributed by atoms with Crippen LogP contribution in [0.25, 0.3) is 0 Å². The van der Waals surface area contributed by atoms with Gasteiger partial charge in [-0.05, 0) is 31.4 Å². The van der Waals surface area contributed by atoms with Gasteiger partial charge in [-0.3, -0.25) is 9.71 Å². The van der Waals surface area contributed by atoms with E-state index in [1.807, 2.05) is 12.1 Å². The molecule has 1 aliphatic heterocycles. The lowest BCUT2D eigenvalue weighted by Crippen LogP contribution is -2.45. The van der Waals surface area contributed by atoms with E-state index in [1.54, 1.807) is 19.2 Å². The van der Waals surface area contributed by atoms with E-state index in [0.29, 0.717) is 24.7 Å². The number of nitrogens with one attached hydrogen (secondary N) is 3. The fraction of sp³-hybridized carbons (Fsp3) is 0.562. The van der Waals surface area contributed by atoms with Gasteiger partial charge < -0.3 is 15.4 Å². The Morgan fingerprint density at radius 2 is 2.08 bits per heavy atom. The summed E-state index contributed by atoms with van der Waals surface area (Å²) in [5.74, 6) is 0.654. The topological polar surface area (TPSA) is 91.8 Å². The number of hydrogen-bond donors (Lipinski definition) is 3. The molecule has 1 fully saturated rings. The minimum Gasteiger partial charge on any atom is -0.373 e. The quantitative estimate of drug-likeness (QED) is 0.529. The van der Waals surface area contributed by atoms with E-state index >= 15 is 0 Å². The van der Waals surface area contributed by atoms with Crippen LogP contribution >= 0.6 is 0 Å². The lowest BCUT2D eigenvalue weighted by Gasteiger charge is -2.24. The molecule has 1 aromatic carbocycles. The lowest BCUT2D eigenvalue weighted by molar-refractivity contribution is 0.0243. The summed E-state index contributed by atoms with van der Waals surface area (Å²) >= 11 is 0. The molecule has 1 saturated heterocycles. The molecule has 0 aromatic heterocycles. The number of hydrogen-bond acceptors (Lipinski definition) is 4. The highest BCUT2D eigenvalue weighted by atomic mass is 32.2. The molecule has 1 atom stereocenters. The maximum absolute atomic E-state index is 11.5. The molecule has 0 spiro atoms. The third kappa shape index (κ3) is 5.68. The van der Waals surface area contributed by atoms with Gasteiger partial charge >= 0.3 is 0 Å². The SMILES string of the molecule is CN=C(NCc1ccccc1NS(C)(=O)=O)NCC1(C)CCCO1. The number of benzene rings is 1. The average molecular weight is 354 g/mol. The van der Waals surface area contributed by atoms with Crippen molar-refractivity contribution < 1.29 is 13.2 Å². The summed E-state index contributed by atoms with van der Waals surface area (Å²) in [7, 11) is -1.61. The molecule has 8 heteroatoms. The Morgan fingerprint density at radius 1 is 1.33 bits per heavy atom. The van der Waals surface area contributed by atoms with Gasteiger partial charge in [0.05, 0.1) is 17.5 Å². The van der Waals surface area contributed by atoms with Crippen LogP contribution in [0.3, 0.4) is 0 Å². The van der Waals surface area contributed by atoms with Crippen molar-refractivity contribution in [1.82, 2.24) is 10.6 Å². The first kappa shape index (κ1) is 18.5. The normalized spacial score (nSPS) is 21.5. The molecule has 1 aromatic rings. The van der Waals surface area contributed by atoms with Gasteiger partial charge in [0.15, 0.2) is 5.96 Å². The summed E-state index contributed by atoms with van der Waals surface area (Å²) in [6.07, 6.45) is 3.24. The zero-order chi connectivity index (χ0) is 17.6. The van der Waals surface area contributed by atoms with Crippen molar-refractivity contribution in [3.05, 3.63) is 29.8 Å². The molecule has 0 bridgehead atoms. The zero-order valence-corrected chi connectivity index (χ0v) is 15.2. The van der Waals surface area contributed by atoms with Gasteiger partial charge in [0.25, 0.3) is 0 Å². The Bertz CT molecular complexity index is 682. The predicted octanol–water partition coefficient (Wildman–Crippen LogP) is 1.29. The van der Waals surface area contributed by atoms with E-state index in [9.17, 15) is 8.42 Å². The van der Waals surface area contributed by atoms with Gasteiger partial charge in [0.1, 0.15) is 0 Å². The van der Waals surface area contributed by atoms with Crippen molar-refractivity contribution in [2.45, 2.75) is 31.9 Å². The van der Waals surface area contributed by atoms with E-state index in [1.165, 1.54) is 0 Å². The van der Waals surface area contributed by atoms with Crippen LogP contribution in [0, 0.1) is 0 Å². The Morgan fingerprint density at radius 3 is 2.71 bits per heavy atom. The first-order valence-electron chi connectivity index (χ1n) is 7.95. The number of para-hydroxylation sites is 1. The Hall–Kier alpha value is -1.80. The molecule has 2 rings (SSSR count). The summed E-state index contributed by atoms with van der Waals surface area (Å²) < 4.78 is 31.2. The van der Waals surface area contributed by atoms with E-state index < -0.39 is 10.0 Å². The van der Waals surface area contributed by atoms with Crippen LogP contribution in [-0.4, -0.2) is 46.4 Å². The first-order valence-corrected chi connectivity index (χ1v) is 9.85. The number of guanidine groups is 1. The van der Waals surface area contributed by atoms with Crippen LogP contribution in [-0.2, 0) is 21.3 Å². The van der Waals surface area contributed by atoms with Crippen molar-refractivity contribution in [3.8, 4) is 0 Å². The second kappa shape index (κ2) is 7.85. The third-order valence-corrected chi connectivity index (χ3v) is 4.50. The molecule has 0 saturated carbocycles. The summed E-state index contributed by atoms with van der Waals surface area (Å²) in [5.41, 5.74) is 1.25. The minimum absolute atomic E-state index is 0.159. The summed E-state index contributed by atoms with van der Waals surface area (Å²) in [6.45, 7) is 4.02. The molecule has 0 aliphatic carbocycles. The Balaban J connectivity index is 1.94. The van der Waals surface area contributed by atoms with E-state index in [2.05, 4.69) is 27.3 Å². The number of ether oxygens (including phenoxy) is 1. The maximum Gasteiger partial charge on any atom is 0.229 e. The van der Waals surface area contributed by atoms with Gasteiger partial charge in [0, 0.05) is 26.7 Å². The second-order valence-corrected chi connectivity index (χ2v) is 7.96. The molecule has 0 amide bonds. The molecule has 1 unspecified atom stereocenters. The van der Waals surface area contributed by atoms with Crippen LogP contribution in [0.2, 0.25) is 0 Å². The van der Waals surface area contributed by atoms with Crippen LogP contribution in [0.1, 0.15) is 25.3 Å². The number of rotatable bonds is 6. The molecule has 0 radical (unpaired) electrons. The minimum atomic E-state index is -3.31. The lowest BCUT2D eigenvalue weighted by atomic mass is 10.0. The Kier molecular flexibility index (Phi) is 6.06. The standard InChI is InChI=1S/C16H26N4O3S/c1-16(9-6-10-23-16)12-19-15(17-2)18-11-13-7-4-5-8-14(13)20-24(3,21)22/h4-5,7-8,20H,6,9-12H2,1-3H3,(H2,17,18,19). The molecule has 1 aliphatic rings. The molecule has 134 valence electrons. The molecular weight excluding hydrogens is 328 g/mol. The van der Waals surface area contributed by atoms with Crippen molar-refractivity contribution in [2.75, 3.05) is 31.2 Å². The molecule has 3 N–H and O–H groups in total. The van der Waals surface area contributed by atoms with E-state index in [-0.39, 0.29) is 5.60 Å². The third-order valence-electron chi connectivity index (χ3n) is 3.91. The smallest absolute Gasteiger partial charge is 0.229 e. The second-order valence-electron chi connectivity index (χ2n) is 6.21. The molecule has 24 heavy (non-hydrogen) atoms. The number of aliphatic imine (C=N–C) groups is 1. The van der Waals surface area contributed by atoms with Gasteiger partial charge in [0.2, 0.25) is 10.0 Å². The van der Waals surface area contributed by atoms with Crippen LogP contribution in [0.5, 0.6) is 0 Å². The van der Waals surface area contributed by atoms with Gasteiger partial charge in [-0.1, -0.05) is 18.2 Å². The van der Waals surface area contributed by atoms with Crippen LogP contribution in [0.4, 0.5) is 5.69 Å². The van der Waals surface area contributed by atoms with Crippen molar-refractivity contribution in [2.24, 2.45) is 4.99 Å². The van der Waals surface area contributed by atoms with Crippen LogP contribution in [0.15, 0.2) is 29.3 Å². The monoisotopic (exact) mass is 354 g/mol. The van der Waals surface area contributed by atoms with Gasteiger partial charge in [-0.2, -0.15) is 0 Å². The van der Waals surface area contributed by atoms with Crippen LogP contribution < -0.4 is 15.4 Å². The highest BCUT2D eigenvalue weighted by molar-refractivity contribution is 7.92. The first-order chi connectivity index (χ1) is 11.3. The fourth-order valence-electron chi connectivity index (χ4n) is 2.62. The number of anilines is 1. The van der Waals surface area contributed by atoms with E-state index in [0.717, 1.165) is 31.3 Å². The van der Waals surface area contributed by atoms with E-state index in [4.69, 9.17) is 4.74 Å². The highest BCUT2D eigenvalue weighted by Crippen LogP contribution is 2.23.